The Labute approximate surface area is 239 Å². The van der Waals surface area contributed by atoms with Crippen molar-refractivity contribution in [3.8, 4) is 17.2 Å². The second-order valence-electron chi connectivity index (χ2n) is 10.0. The summed E-state index contributed by atoms with van der Waals surface area (Å²) in [6.45, 7) is 3.53. The summed E-state index contributed by atoms with van der Waals surface area (Å²) in [6, 6.07) is 10.1. The molecule has 41 heavy (non-hydrogen) atoms. The van der Waals surface area contributed by atoms with Gasteiger partial charge in [0.1, 0.15) is 18.0 Å². The van der Waals surface area contributed by atoms with Gasteiger partial charge in [-0.15, -0.1) is 6.58 Å². The van der Waals surface area contributed by atoms with Crippen molar-refractivity contribution in [1.82, 2.24) is 10.2 Å². The Kier molecular flexibility index (Phi) is 10.0. The van der Waals surface area contributed by atoms with Crippen molar-refractivity contribution in [3.63, 3.8) is 0 Å². The largest absolute Gasteiger partial charge is 0.497 e. The summed E-state index contributed by atoms with van der Waals surface area (Å²) in [6.07, 6.45) is 2.35. The molecule has 1 aliphatic heterocycles. The molecule has 0 aromatic heterocycles. The summed E-state index contributed by atoms with van der Waals surface area (Å²) in [7, 11) is 3.07. The molecule has 4 rings (SSSR count). The standard InChI is InChI=1S/C31H38N2O8/c1-4-5-9-26(36)33(12-10-19-7-6-8-21(14-19)39-2)24-17-23(31(38)32-11-13-34)27-22-15-20(18-35)16-25(40-3)29(22)41-30(27)28(24)37/h4,6-8,14-17,24,27-28,30,34-35,37H,1,5,9-13,18H2,2-3H3,(H,32,38)/t24-,27+,28+,30+/m1/s1. The number of carbonyl (C=O) groups is 2. The van der Waals surface area contributed by atoms with Gasteiger partial charge in [0.2, 0.25) is 11.8 Å². The van der Waals surface area contributed by atoms with Gasteiger partial charge in [-0.25, -0.2) is 0 Å². The van der Waals surface area contributed by atoms with E-state index in [9.17, 15) is 24.9 Å². The second-order valence-corrected chi connectivity index (χ2v) is 10.0. The van der Waals surface area contributed by atoms with Gasteiger partial charge in [-0.3, -0.25) is 9.59 Å². The predicted molar refractivity (Wildman–Crippen MR) is 152 cm³/mol. The fourth-order valence-corrected chi connectivity index (χ4v) is 5.51. The monoisotopic (exact) mass is 566 g/mol. The summed E-state index contributed by atoms with van der Waals surface area (Å²) in [5, 5.41) is 33.6. The first kappa shape index (κ1) is 30.1. The highest BCUT2D eigenvalue weighted by molar-refractivity contribution is 5.96. The summed E-state index contributed by atoms with van der Waals surface area (Å²) in [4.78, 5) is 28.6. The molecular formula is C31H38N2O8. The normalized spacial score (nSPS) is 20.7. The molecule has 10 nitrogen and oxygen atoms in total. The highest BCUT2D eigenvalue weighted by Crippen LogP contribution is 2.51. The van der Waals surface area contributed by atoms with Gasteiger partial charge in [-0.2, -0.15) is 0 Å². The van der Waals surface area contributed by atoms with Crippen molar-refractivity contribution in [2.24, 2.45) is 0 Å². The van der Waals surface area contributed by atoms with Crippen LogP contribution in [-0.2, 0) is 22.6 Å². The van der Waals surface area contributed by atoms with Gasteiger partial charge >= 0.3 is 0 Å². The van der Waals surface area contributed by atoms with Crippen LogP contribution in [0.2, 0.25) is 0 Å². The molecule has 4 atom stereocenters. The number of amides is 2. The van der Waals surface area contributed by atoms with Crippen LogP contribution in [0.15, 0.2) is 60.7 Å². The lowest BCUT2D eigenvalue weighted by atomic mass is 9.77. The van der Waals surface area contributed by atoms with Crippen molar-refractivity contribution in [1.29, 1.82) is 0 Å². The molecule has 0 radical (unpaired) electrons. The number of carbonyl (C=O) groups excluding carboxylic acids is 2. The van der Waals surface area contributed by atoms with Crippen LogP contribution in [0.4, 0.5) is 0 Å². The van der Waals surface area contributed by atoms with Crippen molar-refractivity contribution >= 4 is 11.8 Å². The fourth-order valence-electron chi connectivity index (χ4n) is 5.51. The van der Waals surface area contributed by atoms with E-state index < -0.39 is 30.1 Å². The number of allylic oxidation sites excluding steroid dienone is 1. The molecule has 2 aliphatic rings. The molecule has 10 heteroatoms. The highest BCUT2D eigenvalue weighted by atomic mass is 16.5. The maximum absolute atomic E-state index is 13.5. The van der Waals surface area contributed by atoms with E-state index in [-0.39, 0.29) is 38.6 Å². The topological polar surface area (TPSA) is 138 Å². The molecule has 220 valence electrons. The van der Waals surface area contributed by atoms with Gasteiger partial charge in [0.05, 0.1) is 39.4 Å². The van der Waals surface area contributed by atoms with Gasteiger partial charge in [-0.1, -0.05) is 18.2 Å². The maximum Gasteiger partial charge on any atom is 0.247 e. The Hall–Kier alpha value is -3.86. The summed E-state index contributed by atoms with van der Waals surface area (Å²) in [5.41, 5.74) is 2.42. The SMILES string of the molecule is C=CCCC(=O)N(CCc1cccc(OC)c1)[C@@H]1C=C(C(=O)NCCO)[C@@H]2c3cc(CO)cc(OC)c3O[C@@H]2[C@H]1O. The lowest BCUT2D eigenvalue weighted by Crippen LogP contribution is -2.56. The average molecular weight is 567 g/mol. The van der Waals surface area contributed by atoms with Crippen LogP contribution < -0.4 is 19.5 Å². The number of aliphatic hydroxyl groups is 3. The first-order valence-corrected chi connectivity index (χ1v) is 13.7. The average Bonchev–Trinajstić information content (AvgIpc) is 3.39. The molecule has 0 spiro atoms. The zero-order valence-electron chi connectivity index (χ0n) is 23.4. The molecule has 0 fully saturated rings. The molecule has 2 aromatic carbocycles. The van der Waals surface area contributed by atoms with Gasteiger partial charge in [0.25, 0.3) is 0 Å². The summed E-state index contributed by atoms with van der Waals surface area (Å²) >= 11 is 0. The van der Waals surface area contributed by atoms with Crippen molar-refractivity contribution in [2.45, 2.75) is 50.0 Å². The van der Waals surface area contributed by atoms with Crippen LogP contribution in [-0.4, -0.2) is 84.2 Å². The lowest BCUT2D eigenvalue weighted by molar-refractivity contribution is -0.137. The number of hydrogen-bond donors (Lipinski definition) is 4. The number of fused-ring (bicyclic) bond motifs is 3. The van der Waals surface area contributed by atoms with Crippen molar-refractivity contribution in [3.05, 3.63) is 77.4 Å². The van der Waals surface area contributed by atoms with Crippen LogP contribution >= 0.6 is 0 Å². The Bertz CT molecular complexity index is 1290. The minimum atomic E-state index is -1.18. The maximum atomic E-state index is 13.5. The molecule has 1 heterocycles. The van der Waals surface area contributed by atoms with E-state index in [2.05, 4.69) is 11.9 Å². The van der Waals surface area contributed by atoms with Gasteiger partial charge < -0.3 is 39.7 Å². The molecule has 0 saturated heterocycles. The van der Waals surface area contributed by atoms with Gasteiger partial charge in [-0.05, 0) is 54.3 Å². The third-order valence-electron chi connectivity index (χ3n) is 7.51. The Morgan fingerprint density at radius 3 is 2.63 bits per heavy atom. The first-order valence-electron chi connectivity index (χ1n) is 13.7. The zero-order chi connectivity index (χ0) is 29.5. The third-order valence-corrected chi connectivity index (χ3v) is 7.51. The van der Waals surface area contributed by atoms with Crippen LogP contribution in [0.1, 0.15) is 35.4 Å². The molecule has 4 N–H and O–H groups in total. The quantitative estimate of drug-likeness (QED) is 0.270. The van der Waals surface area contributed by atoms with E-state index in [1.165, 1.54) is 7.11 Å². The van der Waals surface area contributed by atoms with Crippen LogP contribution in [0, 0.1) is 0 Å². The number of methoxy groups -OCH3 is 2. The van der Waals surface area contributed by atoms with E-state index >= 15 is 0 Å². The number of nitrogens with zero attached hydrogens (tertiary/aromatic N) is 1. The van der Waals surface area contributed by atoms with E-state index in [0.717, 1.165) is 5.56 Å². The Morgan fingerprint density at radius 2 is 1.95 bits per heavy atom. The van der Waals surface area contributed by atoms with Crippen LogP contribution in [0.5, 0.6) is 17.2 Å². The minimum Gasteiger partial charge on any atom is -0.497 e. The van der Waals surface area contributed by atoms with Crippen LogP contribution in [0.3, 0.4) is 0 Å². The molecule has 1 aliphatic carbocycles. The number of rotatable bonds is 13. The van der Waals surface area contributed by atoms with E-state index in [0.29, 0.717) is 46.8 Å². The van der Waals surface area contributed by atoms with E-state index in [1.54, 1.807) is 36.3 Å². The zero-order valence-corrected chi connectivity index (χ0v) is 23.4. The summed E-state index contributed by atoms with van der Waals surface area (Å²) < 4.78 is 17.1. The van der Waals surface area contributed by atoms with Gasteiger partial charge in [0.15, 0.2) is 11.5 Å². The smallest absolute Gasteiger partial charge is 0.247 e. The predicted octanol–water partition coefficient (Wildman–Crippen LogP) is 1.86. The third kappa shape index (κ3) is 6.40. The second kappa shape index (κ2) is 13.7. The molecule has 2 aromatic rings. The van der Waals surface area contributed by atoms with E-state index in [4.69, 9.17) is 14.2 Å². The molecule has 0 bridgehead atoms. The number of benzene rings is 2. The van der Waals surface area contributed by atoms with E-state index in [1.807, 2.05) is 24.3 Å². The Balaban J connectivity index is 1.75. The lowest BCUT2D eigenvalue weighted by Gasteiger charge is -2.41. The minimum absolute atomic E-state index is 0.0340. The fraction of sp³-hybridized carbons (Fsp3) is 0.419. The molecule has 0 saturated carbocycles. The van der Waals surface area contributed by atoms with Crippen molar-refractivity contribution < 1.29 is 39.1 Å². The molecular weight excluding hydrogens is 528 g/mol. The molecule has 0 unspecified atom stereocenters. The first-order chi connectivity index (χ1) is 19.9. The number of nitrogens with one attached hydrogen (secondary N) is 1. The Morgan fingerprint density at radius 1 is 1.15 bits per heavy atom. The van der Waals surface area contributed by atoms with Crippen molar-refractivity contribution in [2.75, 3.05) is 33.9 Å². The number of ether oxygens (including phenoxy) is 3. The highest BCUT2D eigenvalue weighted by Gasteiger charge is 2.51. The summed E-state index contributed by atoms with van der Waals surface area (Å²) in [5.74, 6) is 0.125. The van der Waals surface area contributed by atoms with Crippen LogP contribution in [0.25, 0.3) is 0 Å². The van der Waals surface area contributed by atoms with Gasteiger partial charge in [0, 0.05) is 30.6 Å². The number of hydrogen-bond acceptors (Lipinski definition) is 8. The molecule has 2 amide bonds. The number of aliphatic hydroxyl groups excluding tert-OH is 3.